The van der Waals surface area contributed by atoms with Crippen molar-refractivity contribution in [2.45, 2.75) is 51.6 Å². The number of ether oxygens (including phenoxy) is 1. The monoisotopic (exact) mass is 738 g/mol. The quantitative estimate of drug-likeness (QED) is 0.344. The number of aryl methyl sites for hydroxylation is 1. The Morgan fingerprint density at radius 1 is 1.04 bits per heavy atom. The number of methoxy groups -OCH3 is 1. The largest absolute Gasteiger partial charge is 0.422 e. The predicted molar refractivity (Wildman–Crippen MR) is 196 cm³/mol. The van der Waals surface area contributed by atoms with Crippen molar-refractivity contribution in [1.82, 2.24) is 18.8 Å². The van der Waals surface area contributed by atoms with E-state index in [2.05, 4.69) is 27.6 Å². The SMILES string of the molecule is COCC1CN(c2ccc3c4c(c(=O)oc3c2C)CN(C(=O)c2cc(N(C)C)c(C(=O)NS(=O)(=O)N3CCC5(CC3)CC5)cc2F)CC4)CCN1C. The molecule has 0 bridgehead atoms. The summed E-state index contributed by atoms with van der Waals surface area (Å²) in [5.41, 5.74) is 2.92. The van der Waals surface area contributed by atoms with Gasteiger partial charge in [-0.15, -0.1) is 0 Å². The number of anilines is 2. The van der Waals surface area contributed by atoms with Crippen LogP contribution in [0.25, 0.3) is 11.0 Å². The topological polar surface area (TPSA) is 136 Å². The zero-order chi connectivity index (χ0) is 37.1. The average Bonchev–Trinajstić information content (AvgIpc) is 3.87. The van der Waals surface area contributed by atoms with Gasteiger partial charge in [-0.1, -0.05) is 0 Å². The molecule has 280 valence electrons. The van der Waals surface area contributed by atoms with Gasteiger partial charge in [0.05, 0.1) is 41.6 Å². The van der Waals surface area contributed by atoms with Crippen molar-refractivity contribution >= 4 is 44.4 Å². The Morgan fingerprint density at radius 3 is 2.44 bits per heavy atom. The predicted octanol–water partition coefficient (Wildman–Crippen LogP) is 3.12. The lowest BCUT2D eigenvalue weighted by Gasteiger charge is -2.41. The zero-order valence-corrected chi connectivity index (χ0v) is 31.3. The summed E-state index contributed by atoms with van der Waals surface area (Å²) in [5.74, 6) is -2.60. The van der Waals surface area contributed by atoms with Crippen LogP contribution in [-0.4, -0.2) is 115 Å². The first-order chi connectivity index (χ1) is 24.7. The molecule has 52 heavy (non-hydrogen) atoms. The van der Waals surface area contributed by atoms with Crippen molar-refractivity contribution in [3.05, 3.63) is 68.3 Å². The van der Waals surface area contributed by atoms with Gasteiger partial charge in [-0.3, -0.25) is 14.5 Å². The number of hydrogen-bond acceptors (Lipinski definition) is 10. The van der Waals surface area contributed by atoms with E-state index >= 15 is 4.39 Å². The van der Waals surface area contributed by atoms with Crippen LogP contribution in [0.2, 0.25) is 0 Å². The summed E-state index contributed by atoms with van der Waals surface area (Å²) in [6.45, 7) is 5.85. The molecule has 3 aliphatic heterocycles. The van der Waals surface area contributed by atoms with Crippen LogP contribution >= 0.6 is 0 Å². The van der Waals surface area contributed by atoms with Gasteiger partial charge in [0.25, 0.3) is 11.8 Å². The van der Waals surface area contributed by atoms with Crippen LogP contribution in [0, 0.1) is 18.2 Å². The molecule has 0 radical (unpaired) electrons. The minimum Gasteiger partial charge on any atom is -0.422 e. The Morgan fingerprint density at radius 2 is 1.77 bits per heavy atom. The number of piperidine rings is 1. The number of piperazine rings is 1. The Hall–Kier alpha value is -4.05. The van der Waals surface area contributed by atoms with E-state index in [1.807, 2.05) is 13.0 Å². The van der Waals surface area contributed by atoms with Crippen LogP contribution in [0.1, 0.15) is 63.1 Å². The van der Waals surface area contributed by atoms with Gasteiger partial charge in [-0.05, 0) is 81.3 Å². The fourth-order valence-corrected chi connectivity index (χ4v) is 9.20. The van der Waals surface area contributed by atoms with Gasteiger partial charge in [0.15, 0.2) is 0 Å². The first kappa shape index (κ1) is 36.3. The number of carbonyl (C=O) groups is 2. The fraction of sp³-hybridized carbons (Fsp3) is 0.541. The molecule has 1 spiro atoms. The number of halogens is 1. The van der Waals surface area contributed by atoms with Crippen LogP contribution in [0.5, 0.6) is 0 Å². The maximum Gasteiger partial charge on any atom is 0.341 e. The zero-order valence-electron chi connectivity index (χ0n) is 30.5. The Balaban J connectivity index is 1.11. The van der Waals surface area contributed by atoms with Crippen LogP contribution in [-0.2, 0) is 27.9 Å². The summed E-state index contributed by atoms with van der Waals surface area (Å²) in [7, 11) is 2.88. The maximum atomic E-state index is 15.7. The molecule has 1 aromatic heterocycles. The number of fused-ring (bicyclic) bond motifs is 3. The summed E-state index contributed by atoms with van der Waals surface area (Å²) < 4.78 is 56.7. The average molecular weight is 739 g/mol. The van der Waals surface area contributed by atoms with Crippen LogP contribution in [0.15, 0.2) is 33.5 Å². The molecule has 2 amide bonds. The van der Waals surface area contributed by atoms with Gasteiger partial charge in [-0.2, -0.15) is 12.7 Å². The molecule has 1 unspecified atom stereocenters. The second-order valence-corrected chi connectivity index (χ2v) is 16.7. The molecule has 1 aliphatic carbocycles. The Labute approximate surface area is 303 Å². The summed E-state index contributed by atoms with van der Waals surface area (Å²) >= 11 is 0. The van der Waals surface area contributed by atoms with Crippen molar-refractivity contribution in [2.75, 3.05) is 83.9 Å². The third-order valence-electron chi connectivity index (χ3n) is 11.6. The fourth-order valence-electron chi connectivity index (χ4n) is 8.07. The molecule has 1 atom stereocenters. The molecule has 15 heteroatoms. The van der Waals surface area contributed by atoms with E-state index in [0.29, 0.717) is 37.3 Å². The standard InChI is InChI=1S/C37H47FN6O7S/c1-23-31(42-17-16-41(4)24(20-42)22-50-5)7-6-26-25-8-13-43(21-29(25)36(47)51-33(23)26)35(46)27-19-32(40(2)3)28(18-30(27)38)34(45)39-52(48,49)44-14-11-37(9-10-37)12-15-44/h6-7,18-19,24H,8-17,20-22H2,1-5H3,(H,39,45). The van der Waals surface area contributed by atoms with Gasteiger partial charge in [0.1, 0.15) is 11.4 Å². The molecule has 4 heterocycles. The Kier molecular flexibility index (Phi) is 9.59. The number of amides is 2. The molecule has 13 nitrogen and oxygen atoms in total. The van der Waals surface area contributed by atoms with Crippen molar-refractivity contribution in [2.24, 2.45) is 5.41 Å². The number of carbonyl (C=O) groups excluding carboxylic acids is 2. The van der Waals surface area contributed by atoms with Gasteiger partial charge in [-0.25, -0.2) is 13.9 Å². The second-order valence-electron chi connectivity index (χ2n) is 15.0. The molecule has 1 N–H and O–H groups in total. The molecule has 3 fully saturated rings. The first-order valence-corrected chi connectivity index (χ1v) is 19.3. The van der Waals surface area contributed by atoms with Gasteiger partial charge in [0, 0.05) is 77.1 Å². The van der Waals surface area contributed by atoms with Crippen molar-refractivity contribution in [3.63, 3.8) is 0 Å². The molecule has 3 aromatic rings. The maximum absolute atomic E-state index is 15.7. The highest BCUT2D eigenvalue weighted by molar-refractivity contribution is 7.87. The molecular formula is C37H47FN6O7S. The van der Waals surface area contributed by atoms with E-state index in [4.69, 9.17) is 9.15 Å². The van der Waals surface area contributed by atoms with Gasteiger partial charge in [0.2, 0.25) is 0 Å². The number of likely N-dealkylation sites (N-methyl/N-ethyl adjacent to an activating group) is 1. The molecule has 2 saturated heterocycles. The highest BCUT2D eigenvalue weighted by Gasteiger charge is 2.46. The van der Waals surface area contributed by atoms with Crippen LogP contribution in [0.3, 0.4) is 0 Å². The van der Waals surface area contributed by atoms with E-state index in [1.54, 1.807) is 21.2 Å². The number of nitrogens with zero attached hydrogens (tertiary/aromatic N) is 5. The molecule has 2 aromatic carbocycles. The molecule has 4 aliphatic rings. The van der Waals surface area contributed by atoms with Crippen LogP contribution < -0.4 is 20.1 Å². The smallest absolute Gasteiger partial charge is 0.341 e. The first-order valence-electron chi connectivity index (χ1n) is 17.9. The minimum atomic E-state index is -4.15. The summed E-state index contributed by atoms with van der Waals surface area (Å²) in [5, 5.41) is 0.813. The van der Waals surface area contributed by atoms with E-state index in [0.717, 1.165) is 73.6 Å². The summed E-state index contributed by atoms with van der Waals surface area (Å²) in [6.07, 6.45) is 4.08. The molecular weight excluding hydrogens is 692 g/mol. The number of benzene rings is 2. The second kappa shape index (κ2) is 13.7. The molecule has 7 rings (SSSR count). The van der Waals surface area contributed by atoms with E-state index in [9.17, 15) is 22.8 Å². The van der Waals surface area contributed by atoms with Gasteiger partial charge < -0.3 is 23.9 Å². The van der Waals surface area contributed by atoms with E-state index < -0.39 is 33.5 Å². The van der Waals surface area contributed by atoms with Crippen molar-refractivity contribution in [3.8, 4) is 0 Å². The number of rotatable bonds is 8. The number of nitrogens with one attached hydrogen (secondary N) is 1. The van der Waals surface area contributed by atoms with Crippen LogP contribution in [0.4, 0.5) is 15.8 Å². The van der Waals surface area contributed by atoms with Gasteiger partial charge >= 0.3 is 15.8 Å². The lowest BCUT2D eigenvalue weighted by Crippen LogP contribution is -2.53. The summed E-state index contributed by atoms with van der Waals surface area (Å²) in [6, 6.07) is 6.43. The van der Waals surface area contributed by atoms with E-state index in [1.165, 1.54) is 20.2 Å². The summed E-state index contributed by atoms with van der Waals surface area (Å²) in [4.78, 5) is 48.1. The highest BCUT2D eigenvalue weighted by Crippen LogP contribution is 2.53. The highest BCUT2D eigenvalue weighted by atomic mass is 32.2. The number of hydrogen-bond donors (Lipinski definition) is 1. The lowest BCUT2D eigenvalue weighted by molar-refractivity contribution is 0.0727. The molecule has 1 saturated carbocycles. The van der Waals surface area contributed by atoms with Crippen molar-refractivity contribution < 1.29 is 31.6 Å². The minimum absolute atomic E-state index is 0.0707. The lowest BCUT2D eigenvalue weighted by atomic mass is 9.95. The normalized spacial score (nSPS) is 20.6. The van der Waals surface area contributed by atoms with Crippen molar-refractivity contribution in [1.29, 1.82) is 0 Å². The van der Waals surface area contributed by atoms with E-state index in [-0.39, 0.29) is 41.4 Å². The third kappa shape index (κ3) is 6.67. The third-order valence-corrected chi connectivity index (χ3v) is 13.1. The Bertz CT molecular complexity index is 2090.